The molecule has 0 bridgehead atoms. The summed E-state index contributed by atoms with van der Waals surface area (Å²) in [4.78, 5) is 12.0. The molecular weight excluding hydrogens is 392 g/mol. The number of hydrogen-bond donors (Lipinski definition) is 2. The molecule has 2 aliphatic rings. The van der Waals surface area contributed by atoms with E-state index in [4.69, 9.17) is 16.7 Å². The molecule has 160 valence electrons. The molecule has 0 aromatic carbocycles. The third kappa shape index (κ3) is 6.47. The van der Waals surface area contributed by atoms with E-state index in [9.17, 15) is 9.90 Å². The van der Waals surface area contributed by atoms with Gasteiger partial charge in [0.1, 0.15) is 4.88 Å². The van der Waals surface area contributed by atoms with Gasteiger partial charge in [0, 0.05) is 10.3 Å². The maximum Gasteiger partial charge on any atom is 0.345 e. The van der Waals surface area contributed by atoms with Crippen LogP contribution >= 0.6 is 22.9 Å². The van der Waals surface area contributed by atoms with Crippen molar-refractivity contribution in [3.63, 3.8) is 0 Å². The Hall–Kier alpha value is -0.580. The zero-order valence-electron chi connectivity index (χ0n) is 17.5. The van der Waals surface area contributed by atoms with E-state index in [-0.39, 0.29) is 11.5 Å². The fraction of sp³-hybridized carbons (Fsp3) is 0.783. The highest BCUT2D eigenvalue weighted by molar-refractivity contribution is 7.13. The third-order valence-corrected chi connectivity index (χ3v) is 8.46. The van der Waals surface area contributed by atoms with E-state index < -0.39 is 5.97 Å². The largest absolute Gasteiger partial charge is 0.477 e. The molecule has 3 atom stereocenters. The minimum absolute atomic E-state index is 0.0589. The lowest BCUT2D eigenvalue weighted by Crippen LogP contribution is -2.40. The first-order chi connectivity index (χ1) is 13.4. The predicted molar refractivity (Wildman–Crippen MR) is 119 cm³/mol. The molecule has 1 unspecified atom stereocenters. The maximum atomic E-state index is 10.4. The number of alkyl halides is 1. The average Bonchev–Trinajstić information content (AvgIpc) is 3.25. The summed E-state index contributed by atoms with van der Waals surface area (Å²) >= 11 is 7.65. The van der Waals surface area contributed by atoms with Crippen molar-refractivity contribution in [1.82, 2.24) is 0 Å². The molecule has 0 aliphatic heterocycles. The number of rotatable bonds is 9. The maximum absolute atomic E-state index is 10.4. The number of carboxylic acids is 1. The van der Waals surface area contributed by atoms with Gasteiger partial charge in [0.2, 0.25) is 0 Å². The first-order valence-electron chi connectivity index (χ1n) is 11.1. The lowest BCUT2D eigenvalue weighted by Gasteiger charge is -2.45. The Balaban J connectivity index is 0.000000221. The van der Waals surface area contributed by atoms with Gasteiger partial charge in [0.15, 0.2) is 0 Å². The standard InChI is InChI=1S/C15H27ClO.C8H10O2S/c1-2-15(10-5-11-15)14(17)9-4-7-12-6-3-8-13(12)16;1-2-3-6-4-5-7(11-6)8(9)10/h12-14,17H,2-11H2,1H3;4-5H,2-3H2,1H3,(H,9,10)/t12-,13-,14?;/m0./s1. The molecule has 1 aromatic heterocycles. The van der Waals surface area contributed by atoms with Crippen LogP contribution in [0.15, 0.2) is 12.1 Å². The van der Waals surface area contributed by atoms with Gasteiger partial charge in [-0.1, -0.05) is 39.5 Å². The summed E-state index contributed by atoms with van der Waals surface area (Å²) < 4.78 is 0. The molecule has 0 radical (unpaired) electrons. The Morgan fingerprint density at radius 3 is 2.50 bits per heavy atom. The predicted octanol–water partition coefficient (Wildman–Crippen LogP) is 6.90. The van der Waals surface area contributed by atoms with Crippen molar-refractivity contribution in [2.24, 2.45) is 11.3 Å². The molecule has 3 rings (SSSR count). The van der Waals surface area contributed by atoms with Gasteiger partial charge in [-0.3, -0.25) is 0 Å². The summed E-state index contributed by atoms with van der Waals surface area (Å²) in [7, 11) is 0. The smallest absolute Gasteiger partial charge is 0.345 e. The molecule has 0 amide bonds. The minimum Gasteiger partial charge on any atom is -0.477 e. The fourth-order valence-electron chi connectivity index (χ4n) is 4.62. The van der Waals surface area contributed by atoms with Gasteiger partial charge in [-0.05, 0) is 74.8 Å². The van der Waals surface area contributed by atoms with Crippen LogP contribution in [0.3, 0.4) is 0 Å². The van der Waals surface area contributed by atoms with Gasteiger partial charge >= 0.3 is 5.97 Å². The van der Waals surface area contributed by atoms with E-state index in [1.54, 1.807) is 6.07 Å². The SMILES string of the molecule is CCC1(C(O)CCC[C@@H]2CCC[C@@H]2Cl)CCC1.CCCc1ccc(C(=O)O)s1. The normalized spacial score (nSPS) is 24.1. The van der Waals surface area contributed by atoms with Crippen molar-refractivity contribution in [3.8, 4) is 0 Å². The minimum atomic E-state index is -0.822. The number of carboxylic acid groups (broad SMARTS) is 1. The molecule has 1 heterocycles. The summed E-state index contributed by atoms with van der Waals surface area (Å²) in [5.41, 5.74) is 0.288. The van der Waals surface area contributed by atoms with Gasteiger partial charge in [0.05, 0.1) is 6.10 Å². The second-order valence-corrected chi connectivity index (χ2v) is 10.3. The highest BCUT2D eigenvalue weighted by Gasteiger charge is 2.41. The van der Waals surface area contributed by atoms with E-state index in [2.05, 4.69) is 13.8 Å². The summed E-state index contributed by atoms with van der Waals surface area (Å²) in [5, 5.41) is 19.3. The number of aliphatic hydroxyl groups excluding tert-OH is 1. The van der Waals surface area contributed by atoms with Crippen molar-refractivity contribution in [2.45, 2.75) is 102 Å². The van der Waals surface area contributed by atoms with Crippen LogP contribution in [-0.4, -0.2) is 27.7 Å². The third-order valence-electron chi connectivity index (χ3n) is 6.75. The number of hydrogen-bond acceptors (Lipinski definition) is 3. The number of aliphatic hydroxyl groups is 1. The number of thiophene rings is 1. The molecule has 2 aliphatic carbocycles. The molecule has 0 spiro atoms. The van der Waals surface area contributed by atoms with Crippen LogP contribution in [0.4, 0.5) is 0 Å². The van der Waals surface area contributed by atoms with Crippen LogP contribution in [0.1, 0.15) is 99.0 Å². The van der Waals surface area contributed by atoms with Crippen LogP contribution in [-0.2, 0) is 6.42 Å². The van der Waals surface area contributed by atoms with E-state index in [1.165, 1.54) is 56.3 Å². The molecule has 3 nitrogen and oxygen atoms in total. The van der Waals surface area contributed by atoms with Gasteiger partial charge in [-0.15, -0.1) is 22.9 Å². The van der Waals surface area contributed by atoms with Crippen LogP contribution in [0.5, 0.6) is 0 Å². The van der Waals surface area contributed by atoms with Crippen molar-refractivity contribution in [3.05, 3.63) is 21.9 Å². The summed E-state index contributed by atoms with van der Waals surface area (Å²) in [6.07, 6.45) is 14.1. The molecule has 5 heteroatoms. The molecule has 28 heavy (non-hydrogen) atoms. The zero-order valence-corrected chi connectivity index (χ0v) is 19.0. The van der Waals surface area contributed by atoms with E-state index in [1.807, 2.05) is 6.07 Å². The molecule has 0 saturated heterocycles. The number of carbonyl (C=O) groups is 1. The van der Waals surface area contributed by atoms with Gasteiger partial charge < -0.3 is 10.2 Å². The summed E-state index contributed by atoms with van der Waals surface area (Å²) in [6.45, 7) is 4.31. The average molecular weight is 429 g/mol. The molecular formula is C23H37ClO3S. The van der Waals surface area contributed by atoms with Crippen molar-refractivity contribution in [2.75, 3.05) is 0 Å². The van der Waals surface area contributed by atoms with E-state index in [0.29, 0.717) is 10.3 Å². The highest BCUT2D eigenvalue weighted by atomic mass is 35.5. The number of aromatic carboxylic acids is 1. The lowest BCUT2D eigenvalue weighted by atomic mass is 9.62. The van der Waals surface area contributed by atoms with Crippen molar-refractivity contribution < 1.29 is 15.0 Å². The van der Waals surface area contributed by atoms with Crippen molar-refractivity contribution in [1.29, 1.82) is 0 Å². The lowest BCUT2D eigenvalue weighted by molar-refractivity contribution is -0.0435. The Kier molecular flexibility index (Phi) is 9.79. The summed E-state index contributed by atoms with van der Waals surface area (Å²) in [6, 6.07) is 3.55. The first-order valence-corrected chi connectivity index (χ1v) is 12.3. The van der Waals surface area contributed by atoms with Gasteiger partial charge in [-0.25, -0.2) is 4.79 Å². The molecule has 2 fully saturated rings. The second-order valence-electron chi connectivity index (χ2n) is 8.54. The highest BCUT2D eigenvalue weighted by Crippen LogP contribution is 2.48. The van der Waals surface area contributed by atoms with Crippen molar-refractivity contribution >= 4 is 28.9 Å². The Morgan fingerprint density at radius 1 is 1.29 bits per heavy atom. The Bertz CT molecular complexity index is 591. The molecule has 1 aromatic rings. The molecule has 2 N–H and O–H groups in total. The number of aryl methyl sites for hydroxylation is 1. The van der Waals surface area contributed by atoms with Crippen LogP contribution in [0.2, 0.25) is 0 Å². The Labute approximate surface area is 179 Å². The Morgan fingerprint density at radius 2 is 2.04 bits per heavy atom. The van der Waals surface area contributed by atoms with E-state index in [0.717, 1.165) is 42.9 Å². The first kappa shape index (κ1) is 23.7. The zero-order chi connectivity index (χ0) is 20.6. The van der Waals surface area contributed by atoms with Crippen LogP contribution in [0, 0.1) is 11.3 Å². The van der Waals surface area contributed by atoms with Crippen LogP contribution < -0.4 is 0 Å². The molecule has 2 saturated carbocycles. The van der Waals surface area contributed by atoms with Gasteiger partial charge in [0.25, 0.3) is 0 Å². The second kappa shape index (κ2) is 11.6. The van der Waals surface area contributed by atoms with Crippen LogP contribution in [0.25, 0.3) is 0 Å². The quantitative estimate of drug-likeness (QED) is 0.420. The summed E-state index contributed by atoms with van der Waals surface area (Å²) in [5.74, 6) is -0.0970. The topological polar surface area (TPSA) is 57.5 Å². The fourth-order valence-corrected chi connectivity index (χ4v) is 5.98. The van der Waals surface area contributed by atoms with E-state index >= 15 is 0 Å². The monoisotopic (exact) mass is 428 g/mol. The number of halogens is 1. The van der Waals surface area contributed by atoms with Gasteiger partial charge in [-0.2, -0.15) is 0 Å².